The Morgan fingerprint density at radius 2 is 2.00 bits per heavy atom. The largest absolute Gasteiger partial charge is 0.357 e. The number of nitrogens with zero attached hydrogens (tertiary/aromatic N) is 2. The van der Waals surface area contributed by atoms with E-state index in [1.165, 1.54) is 25.7 Å². The molecule has 1 aromatic rings. The summed E-state index contributed by atoms with van der Waals surface area (Å²) in [4.78, 5) is 18.5. The highest BCUT2D eigenvalue weighted by molar-refractivity contribution is 5.94. The van der Waals surface area contributed by atoms with Crippen molar-refractivity contribution in [1.29, 1.82) is 0 Å². The van der Waals surface area contributed by atoms with E-state index < -0.39 is 0 Å². The lowest BCUT2D eigenvalue weighted by atomic mass is 9.67. The van der Waals surface area contributed by atoms with E-state index in [1.54, 1.807) is 19.0 Å². The summed E-state index contributed by atoms with van der Waals surface area (Å²) < 4.78 is 0. The first-order chi connectivity index (χ1) is 12.5. The van der Waals surface area contributed by atoms with Gasteiger partial charge in [0.05, 0.1) is 0 Å². The fourth-order valence-corrected chi connectivity index (χ4v) is 3.33. The maximum atomic E-state index is 12.1. The number of hydrogen-bond acceptors (Lipinski definition) is 2. The molecule has 0 atom stereocenters. The lowest BCUT2D eigenvalue weighted by Crippen LogP contribution is -2.40. The fourth-order valence-electron chi connectivity index (χ4n) is 3.33. The molecule has 2 N–H and O–H groups in total. The molecular weight excluding hydrogens is 324 g/mol. The Bertz CT molecular complexity index is 615. The highest BCUT2D eigenvalue weighted by Gasteiger charge is 2.34. The number of guanidine groups is 1. The predicted octanol–water partition coefficient (Wildman–Crippen LogP) is 3.07. The zero-order valence-corrected chi connectivity index (χ0v) is 16.8. The van der Waals surface area contributed by atoms with Crippen LogP contribution in [-0.2, 0) is 6.42 Å². The second-order valence-electron chi connectivity index (χ2n) is 7.48. The van der Waals surface area contributed by atoms with Gasteiger partial charge in [-0.1, -0.05) is 25.5 Å². The number of carbonyl (C=O) groups is 1. The van der Waals surface area contributed by atoms with Crippen molar-refractivity contribution in [2.45, 2.75) is 46.0 Å². The first-order valence-corrected chi connectivity index (χ1v) is 9.82. The van der Waals surface area contributed by atoms with Crippen molar-refractivity contribution in [2.24, 2.45) is 10.4 Å². The molecule has 144 valence electrons. The van der Waals surface area contributed by atoms with E-state index in [-0.39, 0.29) is 5.91 Å². The lowest BCUT2D eigenvalue weighted by Gasteiger charge is -2.40. The van der Waals surface area contributed by atoms with Gasteiger partial charge in [-0.15, -0.1) is 0 Å². The topological polar surface area (TPSA) is 56.7 Å². The van der Waals surface area contributed by atoms with Crippen molar-refractivity contribution < 1.29 is 4.79 Å². The second-order valence-corrected chi connectivity index (χ2v) is 7.48. The van der Waals surface area contributed by atoms with E-state index in [0.717, 1.165) is 43.1 Å². The van der Waals surface area contributed by atoms with Crippen LogP contribution in [-0.4, -0.2) is 50.5 Å². The normalized spacial score (nSPS) is 15.9. The van der Waals surface area contributed by atoms with Crippen molar-refractivity contribution in [3.63, 3.8) is 0 Å². The second kappa shape index (κ2) is 9.60. The van der Waals surface area contributed by atoms with Gasteiger partial charge in [-0.2, -0.15) is 0 Å². The van der Waals surface area contributed by atoms with E-state index in [4.69, 9.17) is 4.99 Å². The van der Waals surface area contributed by atoms with Crippen LogP contribution >= 0.6 is 0 Å². The standard InChI is InChI=1S/C21H34N4O/c1-5-21(12-8-13-21)16-24-20(22-6-2)23-14-11-17-9-7-10-18(15-17)19(26)25(3)4/h7,9-10,15H,5-6,8,11-14,16H2,1-4H3,(H2,22,23,24). The van der Waals surface area contributed by atoms with Crippen LogP contribution < -0.4 is 10.6 Å². The van der Waals surface area contributed by atoms with Crippen molar-refractivity contribution in [3.05, 3.63) is 35.4 Å². The van der Waals surface area contributed by atoms with Gasteiger partial charge in [0.25, 0.3) is 5.91 Å². The molecule has 0 spiro atoms. The fraction of sp³-hybridized carbons (Fsp3) is 0.619. The molecule has 1 aliphatic rings. The smallest absolute Gasteiger partial charge is 0.253 e. The SMILES string of the molecule is CCNC(=NCC1(CC)CCC1)NCCc1cccc(C(=O)N(C)C)c1. The van der Waals surface area contributed by atoms with Gasteiger partial charge in [0.2, 0.25) is 0 Å². The number of aliphatic imine (C=N–C) groups is 1. The molecule has 1 aliphatic carbocycles. The van der Waals surface area contributed by atoms with Gasteiger partial charge in [0.1, 0.15) is 0 Å². The number of carbonyl (C=O) groups excluding carboxylic acids is 1. The third-order valence-corrected chi connectivity index (χ3v) is 5.37. The minimum Gasteiger partial charge on any atom is -0.357 e. The average molecular weight is 359 g/mol. The molecule has 5 heteroatoms. The van der Waals surface area contributed by atoms with Gasteiger partial charge in [0, 0.05) is 39.3 Å². The molecule has 0 unspecified atom stereocenters. The molecule has 0 heterocycles. The third-order valence-electron chi connectivity index (χ3n) is 5.37. The Labute approximate surface area is 158 Å². The zero-order valence-electron chi connectivity index (χ0n) is 16.8. The predicted molar refractivity (Wildman–Crippen MR) is 109 cm³/mol. The first kappa shape index (κ1) is 20.3. The van der Waals surface area contributed by atoms with E-state index in [9.17, 15) is 4.79 Å². The van der Waals surface area contributed by atoms with E-state index in [1.807, 2.05) is 18.2 Å². The molecule has 26 heavy (non-hydrogen) atoms. The van der Waals surface area contributed by atoms with Crippen LogP contribution in [0.4, 0.5) is 0 Å². The van der Waals surface area contributed by atoms with Crippen molar-refractivity contribution in [1.82, 2.24) is 15.5 Å². The van der Waals surface area contributed by atoms with Crippen LogP contribution in [0, 0.1) is 5.41 Å². The minimum absolute atomic E-state index is 0.0417. The van der Waals surface area contributed by atoms with Gasteiger partial charge in [-0.25, -0.2) is 0 Å². The highest BCUT2D eigenvalue weighted by Crippen LogP contribution is 2.43. The summed E-state index contributed by atoms with van der Waals surface area (Å²) >= 11 is 0. The zero-order chi connectivity index (χ0) is 19.0. The average Bonchev–Trinajstić information content (AvgIpc) is 2.60. The number of hydrogen-bond donors (Lipinski definition) is 2. The van der Waals surface area contributed by atoms with Gasteiger partial charge >= 0.3 is 0 Å². The van der Waals surface area contributed by atoms with Crippen LogP contribution in [0.15, 0.2) is 29.3 Å². The van der Waals surface area contributed by atoms with Crippen molar-refractivity contribution in [3.8, 4) is 0 Å². The van der Waals surface area contributed by atoms with Crippen LogP contribution in [0.2, 0.25) is 0 Å². The number of rotatable bonds is 8. The Kier molecular flexibility index (Phi) is 7.49. The van der Waals surface area contributed by atoms with Crippen molar-refractivity contribution in [2.75, 3.05) is 33.7 Å². The maximum absolute atomic E-state index is 12.1. The monoisotopic (exact) mass is 358 g/mol. The summed E-state index contributed by atoms with van der Waals surface area (Å²) in [5.41, 5.74) is 2.33. The van der Waals surface area contributed by atoms with Gasteiger partial charge in [-0.05, 0) is 55.7 Å². The third kappa shape index (κ3) is 5.48. The maximum Gasteiger partial charge on any atom is 0.253 e. The van der Waals surface area contributed by atoms with E-state index in [0.29, 0.717) is 5.41 Å². The molecule has 0 saturated heterocycles. The summed E-state index contributed by atoms with van der Waals surface area (Å²) in [6, 6.07) is 7.87. The molecule has 1 saturated carbocycles. The molecule has 5 nitrogen and oxygen atoms in total. The Balaban J connectivity index is 1.89. The summed E-state index contributed by atoms with van der Waals surface area (Å²) in [6.07, 6.45) is 6.02. The van der Waals surface area contributed by atoms with Gasteiger partial charge in [-0.3, -0.25) is 9.79 Å². The number of nitrogens with one attached hydrogen (secondary N) is 2. The Hall–Kier alpha value is -2.04. The first-order valence-electron chi connectivity index (χ1n) is 9.82. The molecule has 2 rings (SSSR count). The molecule has 0 aromatic heterocycles. The number of amides is 1. The number of benzene rings is 1. The van der Waals surface area contributed by atoms with Crippen LogP contribution in [0.25, 0.3) is 0 Å². The quantitative estimate of drug-likeness (QED) is 0.555. The molecule has 1 fully saturated rings. The minimum atomic E-state index is 0.0417. The summed E-state index contributed by atoms with van der Waals surface area (Å²) in [5.74, 6) is 0.938. The summed E-state index contributed by atoms with van der Waals surface area (Å²) in [7, 11) is 3.56. The summed E-state index contributed by atoms with van der Waals surface area (Å²) in [5, 5.41) is 6.77. The van der Waals surface area contributed by atoms with Crippen LogP contribution in [0.3, 0.4) is 0 Å². The van der Waals surface area contributed by atoms with Crippen LogP contribution in [0.5, 0.6) is 0 Å². The molecule has 1 amide bonds. The van der Waals surface area contributed by atoms with Crippen molar-refractivity contribution >= 4 is 11.9 Å². The Morgan fingerprint density at radius 3 is 2.58 bits per heavy atom. The highest BCUT2D eigenvalue weighted by atomic mass is 16.2. The molecule has 0 radical (unpaired) electrons. The molecular formula is C21H34N4O. The van der Waals surface area contributed by atoms with E-state index in [2.05, 4.69) is 30.5 Å². The molecule has 1 aromatic carbocycles. The van der Waals surface area contributed by atoms with E-state index >= 15 is 0 Å². The van der Waals surface area contributed by atoms with Crippen LogP contribution in [0.1, 0.15) is 55.5 Å². The molecule has 0 aliphatic heterocycles. The van der Waals surface area contributed by atoms with Gasteiger partial charge in [0.15, 0.2) is 5.96 Å². The molecule has 0 bridgehead atoms. The lowest BCUT2D eigenvalue weighted by molar-refractivity contribution is 0.0827. The summed E-state index contributed by atoms with van der Waals surface area (Å²) in [6.45, 7) is 6.93. The Morgan fingerprint density at radius 1 is 1.23 bits per heavy atom. The van der Waals surface area contributed by atoms with Gasteiger partial charge < -0.3 is 15.5 Å².